The van der Waals surface area contributed by atoms with E-state index in [1.165, 1.54) is 0 Å². The summed E-state index contributed by atoms with van der Waals surface area (Å²) in [4.78, 5) is 16.1. The van der Waals surface area contributed by atoms with Gasteiger partial charge in [0.05, 0.1) is 23.3 Å². The maximum absolute atomic E-state index is 11.8. The second-order valence-corrected chi connectivity index (χ2v) is 5.34. The topological polar surface area (TPSA) is 77.8 Å². The van der Waals surface area contributed by atoms with Crippen LogP contribution in [0.4, 0.5) is 5.69 Å². The van der Waals surface area contributed by atoms with Crippen molar-refractivity contribution in [2.45, 2.75) is 27.2 Å². The largest absolute Gasteiger partial charge is 0.374 e. The van der Waals surface area contributed by atoms with E-state index in [1.807, 2.05) is 26.8 Å². The Morgan fingerprint density at radius 3 is 2.82 bits per heavy atom. The molecule has 0 aliphatic carbocycles. The molecule has 114 valence electrons. The first-order valence-corrected chi connectivity index (χ1v) is 7.37. The Labute approximate surface area is 130 Å². The molecule has 0 unspecified atom stereocenters. The number of nitriles is 1. The SMILES string of the molecule is CCCNC(=O)CNc1c(C#N)cnc2c(C)cc(C)cc12. The van der Waals surface area contributed by atoms with E-state index in [0.29, 0.717) is 17.8 Å². The molecule has 0 saturated carbocycles. The van der Waals surface area contributed by atoms with Gasteiger partial charge in [0.25, 0.3) is 0 Å². The van der Waals surface area contributed by atoms with Crippen LogP contribution in [0.2, 0.25) is 0 Å². The number of pyridine rings is 1. The van der Waals surface area contributed by atoms with Crippen LogP contribution in [-0.4, -0.2) is 24.0 Å². The van der Waals surface area contributed by atoms with Gasteiger partial charge < -0.3 is 10.6 Å². The Morgan fingerprint density at radius 1 is 1.36 bits per heavy atom. The van der Waals surface area contributed by atoms with Crippen LogP contribution in [0.25, 0.3) is 10.9 Å². The van der Waals surface area contributed by atoms with Crippen molar-refractivity contribution < 1.29 is 4.79 Å². The first-order valence-electron chi connectivity index (χ1n) is 7.37. The number of rotatable bonds is 5. The molecule has 2 aromatic rings. The number of aromatic nitrogens is 1. The van der Waals surface area contributed by atoms with Gasteiger partial charge in [0.15, 0.2) is 0 Å². The third-order valence-corrected chi connectivity index (χ3v) is 3.42. The summed E-state index contributed by atoms with van der Waals surface area (Å²) in [5.74, 6) is -0.0833. The van der Waals surface area contributed by atoms with Crippen molar-refractivity contribution in [3.05, 3.63) is 35.0 Å². The molecular formula is C17H20N4O. The van der Waals surface area contributed by atoms with E-state index in [4.69, 9.17) is 0 Å². The number of aryl methyl sites for hydroxylation is 2. The van der Waals surface area contributed by atoms with Gasteiger partial charge in [0, 0.05) is 18.1 Å². The third-order valence-electron chi connectivity index (χ3n) is 3.42. The standard InChI is InChI=1S/C17H20N4O/c1-4-5-19-15(22)10-21-17-13(8-18)9-20-16-12(3)6-11(2)7-14(16)17/h6-7,9H,4-5,10H2,1-3H3,(H,19,22)(H,20,21). The van der Waals surface area contributed by atoms with Crippen LogP contribution >= 0.6 is 0 Å². The molecule has 2 rings (SSSR count). The highest BCUT2D eigenvalue weighted by atomic mass is 16.1. The molecule has 5 heteroatoms. The summed E-state index contributed by atoms with van der Waals surface area (Å²) in [5, 5.41) is 16.1. The zero-order chi connectivity index (χ0) is 16.1. The van der Waals surface area contributed by atoms with E-state index in [0.717, 1.165) is 28.5 Å². The van der Waals surface area contributed by atoms with Crippen LogP contribution in [0, 0.1) is 25.2 Å². The number of fused-ring (bicyclic) bond motifs is 1. The molecule has 0 spiro atoms. The molecule has 0 atom stereocenters. The molecule has 0 aliphatic heterocycles. The highest BCUT2D eigenvalue weighted by Crippen LogP contribution is 2.28. The normalized spacial score (nSPS) is 10.3. The average Bonchev–Trinajstić information content (AvgIpc) is 2.50. The van der Waals surface area contributed by atoms with Gasteiger partial charge >= 0.3 is 0 Å². The summed E-state index contributed by atoms with van der Waals surface area (Å²) >= 11 is 0. The lowest BCUT2D eigenvalue weighted by molar-refractivity contribution is -0.119. The van der Waals surface area contributed by atoms with Crippen molar-refractivity contribution in [3.63, 3.8) is 0 Å². The van der Waals surface area contributed by atoms with E-state index >= 15 is 0 Å². The summed E-state index contributed by atoms with van der Waals surface area (Å²) in [6.07, 6.45) is 2.45. The molecule has 1 aromatic carbocycles. The zero-order valence-electron chi connectivity index (χ0n) is 13.2. The van der Waals surface area contributed by atoms with Gasteiger partial charge in [-0.1, -0.05) is 18.6 Å². The van der Waals surface area contributed by atoms with Gasteiger partial charge in [-0.3, -0.25) is 9.78 Å². The van der Waals surface area contributed by atoms with Crippen molar-refractivity contribution in [2.24, 2.45) is 0 Å². The van der Waals surface area contributed by atoms with Crippen LogP contribution in [0.5, 0.6) is 0 Å². The van der Waals surface area contributed by atoms with E-state index < -0.39 is 0 Å². The van der Waals surface area contributed by atoms with Gasteiger partial charge in [-0.15, -0.1) is 0 Å². The number of carbonyl (C=O) groups excluding carboxylic acids is 1. The van der Waals surface area contributed by atoms with Crippen molar-refractivity contribution in [1.82, 2.24) is 10.3 Å². The number of hydrogen-bond acceptors (Lipinski definition) is 4. The Kier molecular flexibility index (Phi) is 4.95. The number of hydrogen-bond donors (Lipinski definition) is 2. The van der Waals surface area contributed by atoms with Crippen LogP contribution in [0.15, 0.2) is 18.3 Å². The second kappa shape index (κ2) is 6.90. The summed E-state index contributed by atoms with van der Waals surface area (Å²) < 4.78 is 0. The average molecular weight is 296 g/mol. The maximum Gasteiger partial charge on any atom is 0.239 e. The fourth-order valence-electron chi connectivity index (χ4n) is 2.43. The summed E-state index contributed by atoms with van der Waals surface area (Å²) in [7, 11) is 0. The molecule has 0 fully saturated rings. The van der Waals surface area contributed by atoms with E-state index in [-0.39, 0.29) is 12.5 Å². The fraction of sp³-hybridized carbons (Fsp3) is 0.353. The predicted molar refractivity (Wildman–Crippen MR) is 87.7 cm³/mol. The van der Waals surface area contributed by atoms with Crippen molar-refractivity contribution >= 4 is 22.5 Å². The van der Waals surface area contributed by atoms with Gasteiger partial charge in [-0.2, -0.15) is 5.26 Å². The van der Waals surface area contributed by atoms with E-state index in [1.54, 1.807) is 6.20 Å². The quantitative estimate of drug-likeness (QED) is 0.889. The molecular weight excluding hydrogens is 276 g/mol. The highest BCUT2D eigenvalue weighted by molar-refractivity contribution is 5.97. The van der Waals surface area contributed by atoms with E-state index in [9.17, 15) is 10.1 Å². The monoisotopic (exact) mass is 296 g/mol. The summed E-state index contributed by atoms with van der Waals surface area (Å²) in [6, 6.07) is 6.18. The molecule has 5 nitrogen and oxygen atoms in total. The molecule has 0 saturated heterocycles. The number of carbonyl (C=O) groups is 1. The number of anilines is 1. The maximum atomic E-state index is 11.8. The minimum Gasteiger partial charge on any atom is -0.374 e. The van der Waals surface area contributed by atoms with Gasteiger partial charge in [0.1, 0.15) is 6.07 Å². The Hall–Kier alpha value is -2.61. The van der Waals surface area contributed by atoms with Gasteiger partial charge in [-0.05, 0) is 31.9 Å². The van der Waals surface area contributed by atoms with Crippen molar-refractivity contribution in [3.8, 4) is 6.07 Å². The van der Waals surface area contributed by atoms with Gasteiger partial charge in [0.2, 0.25) is 5.91 Å². The van der Waals surface area contributed by atoms with Crippen molar-refractivity contribution in [2.75, 3.05) is 18.4 Å². The van der Waals surface area contributed by atoms with Crippen LogP contribution < -0.4 is 10.6 Å². The number of benzene rings is 1. The lowest BCUT2D eigenvalue weighted by Crippen LogP contribution is -2.30. The van der Waals surface area contributed by atoms with Crippen LogP contribution in [0.1, 0.15) is 30.0 Å². The zero-order valence-corrected chi connectivity index (χ0v) is 13.2. The minimum absolute atomic E-state index is 0.0833. The molecule has 0 aliphatic rings. The summed E-state index contributed by atoms with van der Waals surface area (Å²) in [6.45, 7) is 6.79. The highest BCUT2D eigenvalue weighted by Gasteiger charge is 2.12. The summed E-state index contributed by atoms with van der Waals surface area (Å²) in [5.41, 5.74) is 4.12. The second-order valence-electron chi connectivity index (χ2n) is 5.34. The van der Waals surface area contributed by atoms with Crippen molar-refractivity contribution in [1.29, 1.82) is 5.26 Å². The van der Waals surface area contributed by atoms with Crippen LogP contribution in [-0.2, 0) is 4.79 Å². The fourth-order valence-corrected chi connectivity index (χ4v) is 2.43. The molecule has 1 aromatic heterocycles. The molecule has 1 heterocycles. The first kappa shape index (κ1) is 15.8. The number of nitrogens with one attached hydrogen (secondary N) is 2. The molecule has 22 heavy (non-hydrogen) atoms. The molecule has 1 amide bonds. The van der Waals surface area contributed by atoms with E-state index in [2.05, 4.69) is 27.8 Å². The minimum atomic E-state index is -0.0833. The van der Waals surface area contributed by atoms with Crippen LogP contribution in [0.3, 0.4) is 0 Å². The molecule has 0 radical (unpaired) electrons. The Balaban J connectivity index is 2.38. The number of amides is 1. The lowest BCUT2D eigenvalue weighted by Gasteiger charge is -2.13. The lowest BCUT2D eigenvalue weighted by atomic mass is 10.0. The molecule has 2 N–H and O–H groups in total. The predicted octanol–water partition coefficient (Wildman–Crippen LogP) is 2.66. The Bertz CT molecular complexity index is 746. The Morgan fingerprint density at radius 2 is 2.14 bits per heavy atom. The number of nitrogens with zero attached hydrogens (tertiary/aromatic N) is 2. The third kappa shape index (κ3) is 3.34. The van der Waals surface area contributed by atoms with Gasteiger partial charge in [-0.25, -0.2) is 0 Å². The smallest absolute Gasteiger partial charge is 0.239 e. The first-order chi connectivity index (χ1) is 10.6. The molecule has 0 bridgehead atoms.